The Kier molecular flexibility index (Phi) is 10.0. The lowest BCUT2D eigenvalue weighted by molar-refractivity contribution is -0.139. The van der Waals surface area contributed by atoms with Crippen LogP contribution in [0.1, 0.15) is 72.6 Å². The van der Waals surface area contributed by atoms with Gasteiger partial charge in [-0.15, -0.1) is 0 Å². The van der Waals surface area contributed by atoms with E-state index in [1.807, 2.05) is 0 Å². The van der Waals surface area contributed by atoms with Gasteiger partial charge >= 0.3 is 5.97 Å². The van der Waals surface area contributed by atoms with E-state index in [0.29, 0.717) is 12.1 Å². The Morgan fingerprint density at radius 2 is 1.67 bits per heavy atom. The molecule has 3 heteroatoms. The zero-order valence-electron chi connectivity index (χ0n) is 12.6. The van der Waals surface area contributed by atoms with E-state index in [-0.39, 0.29) is 6.54 Å². The molecule has 0 saturated carbocycles. The molecule has 0 rings (SSSR count). The SMILES string of the molecule is CCCCCCCC(C)N(CC(=O)O)C(C)CC. The number of carboxylic acid groups (broad SMARTS) is 1. The molecular formula is C15H31NO2. The third-order valence-corrected chi connectivity index (χ3v) is 3.77. The number of carboxylic acids is 1. The molecule has 3 nitrogen and oxygen atoms in total. The zero-order valence-corrected chi connectivity index (χ0v) is 12.6. The van der Waals surface area contributed by atoms with Gasteiger partial charge in [0.1, 0.15) is 0 Å². The van der Waals surface area contributed by atoms with E-state index in [1.54, 1.807) is 0 Å². The van der Waals surface area contributed by atoms with Gasteiger partial charge in [0.2, 0.25) is 0 Å². The molecule has 0 aliphatic carbocycles. The zero-order chi connectivity index (χ0) is 14.0. The Bertz CT molecular complexity index is 219. The lowest BCUT2D eigenvalue weighted by atomic mass is 10.0. The van der Waals surface area contributed by atoms with Crippen molar-refractivity contribution in [2.24, 2.45) is 0 Å². The molecule has 0 bridgehead atoms. The van der Waals surface area contributed by atoms with Crippen molar-refractivity contribution in [3.05, 3.63) is 0 Å². The average Bonchev–Trinajstić information content (AvgIpc) is 2.34. The summed E-state index contributed by atoms with van der Waals surface area (Å²) < 4.78 is 0. The van der Waals surface area contributed by atoms with Gasteiger partial charge in [0.05, 0.1) is 6.54 Å². The molecular weight excluding hydrogens is 226 g/mol. The van der Waals surface area contributed by atoms with Gasteiger partial charge in [-0.2, -0.15) is 0 Å². The summed E-state index contributed by atoms with van der Waals surface area (Å²) in [5, 5.41) is 8.98. The molecule has 0 spiro atoms. The van der Waals surface area contributed by atoms with Gasteiger partial charge in [-0.05, 0) is 26.7 Å². The van der Waals surface area contributed by atoms with Crippen molar-refractivity contribution in [2.75, 3.05) is 6.54 Å². The molecule has 0 aliphatic heterocycles. The minimum atomic E-state index is -0.715. The summed E-state index contributed by atoms with van der Waals surface area (Å²) in [6.45, 7) is 8.80. The van der Waals surface area contributed by atoms with Crippen molar-refractivity contribution < 1.29 is 9.90 Å². The Morgan fingerprint density at radius 3 is 2.17 bits per heavy atom. The van der Waals surface area contributed by atoms with E-state index in [0.717, 1.165) is 12.8 Å². The van der Waals surface area contributed by atoms with Crippen LogP contribution in [0.25, 0.3) is 0 Å². The molecule has 2 atom stereocenters. The van der Waals surface area contributed by atoms with Gasteiger partial charge in [-0.1, -0.05) is 46.0 Å². The van der Waals surface area contributed by atoms with Crippen molar-refractivity contribution in [1.29, 1.82) is 0 Å². The van der Waals surface area contributed by atoms with Gasteiger partial charge < -0.3 is 5.11 Å². The molecule has 0 amide bonds. The number of unbranched alkanes of at least 4 members (excludes halogenated alkanes) is 4. The first-order valence-corrected chi connectivity index (χ1v) is 7.50. The summed E-state index contributed by atoms with van der Waals surface area (Å²) >= 11 is 0. The van der Waals surface area contributed by atoms with Gasteiger partial charge in [-0.3, -0.25) is 9.69 Å². The molecule has 108 valence electrons. The van der Waals surface area contributed by atoms with E-state index < -0.39 is 5.97 Å². The van der Waals surface area contributed by atoms with Crippen LogP contribution in [0.5, 0.6) is 0 Å². The molecule has 0 aliphatic rings. The normalized spacial score (nSPS) is 14.7. The van der Waals surface area contributed by atoms with Crippen LogP contribution in [-0.4, -0.2) is 34.6 Å². The number of carbonyl (C=O) groups is 1. The minimum absolute atomic E-state index is 0.172. The van der Waals surface area contributed by atoms with E-state index in [1.165, 1.54) is 32.1 Å². The molecule has 0 fully saturated rings. The average molecular weight is 257 g/mol. The topological polar surface area (TPSA) is 40.5 Å². The fraction of sp³-hybridized carbons (Fsp3) is 0.933. The van der Waals surface area contributed by atoms with Crippen LogP contribution < -0.4 is 0 Å². The lowest BCUT2D eigenvalue weighted by Gasteiger charge is -2.32. The van der Waals surface area contributed by atoms with Crippen LogP contribution in [0.3, 0.4) is 0 Å². The van der Waals surface area contributed by atoms with Crippen molar-refractivity contribution in [3.63, 3.8) is 0 Å². The third-order valence-electron chi connectivity index (χ3n) is 3.77. The van der Waals surface area contributed by atoms with Crippen LogP contribution in [0.4, 0.5) is 0 Å². The Morgan fingerprint density at radius 1 is 1.06 bits per heavy atom. The summed E-state index contributed by atoms with van der Waals surface area (Å²) in [5.41, 5.74) is 0. The Labute approximate surface area is 113 Å². The van der Waals surface area contributed by atoms with E-state index in [2.05, 4.69) is 32.6 Å². The number of hydrogen-bond acceptors (Lipinski definition) is 2. The highest BCUT2D eigenvalue weighted by Gasteiger charge is 2.20. The number of nitrogens with zero attached hydrogens (tertiary/aromatic N) is 1. The largest absolute Gasteiger partial charge is 0.480 e. The maximum absolute atomic E-state index is 10.9. The molecule has 0 aromatic heterocycles. The molecule has 0 saturated heterocycles. The second kappa shape index (κ2) is 10.4. The monoisotopic (exact) mass is 257 g/mol. The smallest absolute Gasteiger partial charge is 0.317 e. The van der Waals surface area contributed by atoms with Crippen LogP contribution >= 0.6 is 0 Å². The van der Waals surface area contributed by atoms with Crippen LogP contribution in [-0.2, 0) is 4.79 Å². The fourth-order valence-electron chi connectivity index (χ4n) is 2.35. The summed E-state index contributed by atoms with van der Waals surface area (Å²) in [6.07, 6.45) is 8.51. The predicted octanol–water partition coefficient (Wildman–Crippen LogP) is 3.92. The van der Waals surface area contributed by atoms with Crippen LogP contribution in [0.15, 0.2) is 0 Å². The van der Waals surface area contributed by atoms with Gasteiger partial charge in [0.25, 0.3) is 0 Å². The summed E-state index contributed by atoms with van der Waals surface area (Å²) in [4.78, 5) is 13.0. The second-order valence-electron chi connectivity index (χ2n) is 5.38. The molecule has 0 aromatic rings. The maximum atomic E-state index is 10.9. The quantitative estimate of drug-likeness (QED) is 0.570. The summed E-state index contributed by atoms with van der Waals surface area (Å²) in [5.74, 6) is -0.715. The fourth-order valence-corrected chi connectivity index (χ4v) is 2.35. The van der Waals surface area contributed by atoms with E-state index >= 15 is 0 Å². The Hall–Kier alpha value is -0.570. The molecule has 1 N–H and O–H groups in total. The maximum Gasteiger partial charge on any atom is 0.317 e. The van der Waals surface area contributed by atoms with Crippen molar-refractivity contribution in [1.82, 2.24) is 4.90 Å². The highest BCUT2D eigenvalue weighted by molar-refractivity contribution is 5.69. The molecule has 0 radical (unpaired) electrons. The van der Waals surface area contributed by atoms with Gasteiger partial charge in [0, 0.05) is 12.1 Å². The number of rotatable bonds is 11. The number of hydrogen-bond donors (Lipinski definition) is 1. The van der Waals surface area contributed by atoms with Crippen molar-refractivity contribution in [3.8, 4) is 0 Å². The summed E-state index contributed by atoms with van der Waals surface area (Å²) in [7, 11) is 0. The third kappa shape index (κ3) is 7.70. The first kappa shape index (κ1) is 17.4. The lowest BCUT2D eigenvalue weighted by Crippen LogP contribution is -2.43. The standard InChI is InChI=1S/C15H31NO2/c1-5-7-8-9-10-11-14(4)16(12-15(17)18)13(3)6-2/h13-14H,5-12H2,1-4H3,(H,17,18). The van der Waals surface area contributed by atoms with E-state index in [4.69, 9.17) is 5.11 Å². The molecule has 0 heterocycles. The molecule has 0 aromatic carbocycles. The van der Waals surface area contributed by atoms with Crippen LogP contribution in [0, 0.1) is 0 Å². The second-order valence-corrected chi connectivity index (χ2v) is 5.38. The van der Waals surface area contributed by atoms with Crippen molar-refractivity contribution >= 4 is 5.97 Å². The molecule has 18 heavy (non-hydrogen) atoms. The van der Waals surface area contributed by atoms with Crippen LogP contribution in [0.2, 0.25) is 0 Å². The highest BCUT2D eigenvalue weighted by Crippen LogP contribution is 2.15. The van der Waals surface area contributed by atoms with Gasteiger partial charge in [-0.25, -0.2) is 0 Å². The highest BCUT2D eigenvalue weighted by atomic mass is 16.4. The van der Waals surface area contributed by atoms with E-state index in [9.17, 15) is 4.79 Å². The Balaban J connectivity index is 4.04. The summed E-state index contributed by atoms with van der Waals surface area (Å²) in [6, 6.07) is 0.726. The minimum Gasteiger partial charge on any atom is -0.480 e. The molecule has 2 unspecified atom stereocenters. The van der Waals surface area contributed by atoms with Gasteiger partial charge in [0.15, 0.2) is 0 Å². The van der Waals surface area contributed by atoms with Crippen molar-refractivity contribution in [2.45, 2.75) is 84.7 Å². The first-order valence-electron chi connectivity index (χ1n) is 7.50. The predicted molar refractivity (Wildman–Crippen MR) is 76.9 cm³/mol. The first-order chi connectivity index (χ1) is 8.52. The number of aliphatic carboxylic acids is 1.